The summed E-state index contributed by atoms with van der Waals surface area (Å²) in [5.74, 6) is 0.335. The fourth-order valence-electron chi connectivity index (χ4n) is 2.70. The van der Waals surface area contributed by atoms with Gasteiger partial charge in [-0.1, -0.05) is 60.7 Å². The van der Waals surface area contributed by atoms with Crippen LogP contribution >= 0.6 is 0 Å². The summed E-state index contributed by atoms with van der Waals surface area (Å²) in [6.45, 7) is 0. The quantitative estimate of drug-likeness (QED) is 0.886. The van der Waals surface area contributed by atoms with Crippen molar-refractivity contribution in [3.8, 4) is 0 Å². The Balaban J connectivity index is 1.84. The molecule has 2 aromatic rings. The lowest BCUT2D eigenvalue weighted by Gasteiger charge is -2.30. The number of rotatable bonds is 2. The molecule has 1 aliphatic heterocycles. The first-order valence-electron chi connectivity index (χ1n) is 6.70. The fraction of sp³-hybridized carbons (Fsp3) is 0.235. The van der Waals surface area contributed by atoms with Gasteiger partial charge < -0.3 is 5.32 Å². The zero-order valence-electron chi connectivity index (χ0n) is 10.8. The van der Waals surface area contributed by atoms with Gasteiger partial charge >= 0.3 is 0 Å². The number of Topliss-reactive ketones (excluding diaryl/α,β-unsaturated/α-hetero) is 1. The van der Waals surface area contributed by atoms with Crippen LogP contribution in [0.2, 0.25) is 0 Å². The second-order valence-corrected chi connectivity index (χ2v) is 5.04. The summed E-state index contributed by atoms with van der Waals surface area (Å²) in [6.07, 6.45) is 1.18. The molecule has 0 spiro atoms. The molecule has 0 radical (unpaired) electrons. The second-order valence-electron chi connectivity index (χ2n) is 5.04. The summed E-state index contributed by atoms with van der Waals surface area (Å²) in [4.78, 5) is 12.0. The van der Waals surface area contributed by atoms with Gasteiger partial charge in [0.25, 0.3) is 0 Å². The molecule has 3 rings (SSSR count). The average Bonchev–Trinajstić information content (AvgIpc) is 2.48. The number of hydrogen-bond donors (Lipinski definition) is 1. The van der Waals surface area contributed by atoms with Gasteiger partial charge in [0.15, 0.2) is 0 Å². The number of ketones is 1. The molecule has 1 heterocycles. The number of hydrogen-bond acceptors (Lipinski definition) is 2. The third kappa shape index (κ3) is 2.74. The Morgan fingerprint density at radius 1 is 0.737 bits per heavy atom. The van der Waals surface area contributed by atoms with Crippen LogP contribution in [-0.4, -0.2) is 5.78 Å². The molecule has 2 aromatic carbocycles. The Labute approximate surface area is 113 Å². The molecule has 0 unspecified atom stereocenters. The van der Waals surface area contributed by atoms with E-state index in [1.165, 1.54) is 11.1 Å². The molecular formula is C17H17NO. The van der Waals surface area contributed by atoms with Gasteiger partial charge in [0.1, 0.15) is 5.78 Å². The summed E-state index contributed by atoms with van der Waals surface area (Å²) in [6, 6.07) is 20.7. The van der Waals surface area contributed by atoms with Crippen molar-refractivity contribution in [2.45, 2.75) is 24.9 Å². The van der Waals surface area contributed by atoms with E-state index in [9.17, 15) is 4.79 Å². The molecule has 19 heavy (non-hydrogen) atoms. The lowest BCUT2D eigenvalue weighted by atomic mass is 9.89. The lowest BCUT2D eigenvalue weighted by molar-refractivity contribution is -0.121. The van der Waals surface area contributed by atoms with Crippen molar-refractivity contribution in [2.24, 2.45) is 0 Å². The van der Waals surface area contributed by atoms with E-state index in [1.807, 2.05) is 36.4 Å². The van der Waals surface area contributed by atoms with Crippen LogP contribution in [0, 0.1) is 0 Å². The average molecular weight is 251 g/mol. The van der Waals surface area contributed by atoms with Gasteiger partial charge in [0.2, 0.25) is 0 Å². The largest absolute Gasteiger partial charge is 0.302 e. The van der Waals surface area contributed by atoms with Crippen molar-refractivity contribution >= 4 is 5.78 Å². The van der Waals surface area contributed by atoms with E-state index in [0.717, 1.165) is 0 Å². The van der Waals surface area contributed by atoms with Gasteiger partial charge in [0, 0.05) is 24.9 Å². The van der Waals surface area contributed by atoms with Crippen molar-refractivity contribution in [1.82, 2.24) is 5.32 Å². The molecule has 0 aliphatic carbocycles. The van der Waals surface area contributed by atoms with E-state index in [0.29, 0.717) is 18.6 Å². The minimum Gasteiger partial charge on any atom is -0.302 e. The van der Waals surface area contributed by atoms with E-state index in [4.69, 9.17) is 0 Å². The smallest absolute Gasteiger partial charge is 0.136 e. The molecule has 2 atom stereocenters. The van der Waals surface area contributed by atoms with E-state index < -0.39 is 0 Å². The van der Waals surface area contributed by atoms with Gasteiger partial charge in [0.05, 0.1) is 0 Å². The molecule has 1 N–H and O–H groups in total. The minimum absolute atomic E-state index is 0.132. The summed E-state index contributed by atoms with van der Waals surface area (Å²) < 4.78 is 0. The Morgan fingerprint density at radius 3 is 1.58 bits per heavy atom. The maximum absolute atomic E-state index is 12.0. The van der Waals surface area contributed by atoms with Gasteiger partial charge in [-0.3, -0.25) is 4.79 Å². The monoisotopic (exact) mass is 251 g/mol. The highest BCUT2D eigenvalue weighted by Crippen LogP contribution is 2.30. The number of carbonyl (C=O) groups is 1. The maximum Gasteiger partial charge on any atom is 0.136 e. The SMILES string of the molecule is O=C1C[C@@H](c2ccccc2)N[C@H](c2ccccc2)C1. The number of nitrogens with one attached hydrogen (secondary N) is 1. The first-order chi connectivity index (χ1) is 9.33. The zero-order chi connectivity index (χ0) is 13.1. The van der Waals surface area contributed by atoms with Crippen LogP contribution in [0.1, 0.15) is 36.1 Å². The highest BCUT2D eigenvalue weighted by atomic mass is 16.1. The Kier molecular flexibility index (Phi) is 3.43. The highest BCUT2D eigenvalue weighted by molar-refractivity contribution is 5.81. The van der Waals surface area contributed by atoms with E-state index in [2.05, 4.69) is 29.6 Å². The lowest BCUT2D eigenvalue weighted by Crippen LogP contribution is -2.35. The number of piperidine rings is 1. The molecule has 96 valence electrons. The van der Waals surface area contributed by atoms with Crippen LogP contribution < -0.4 is 5.32 Å². The van der Waals surface area contributed by atoms with Gasteiger partial charge in [-0.25, -0.2) is 0 Å². The Morgan fingerprint density at radius 2 is 1.16 bits per heavy atom. The minimum atomic E-state index is 0.132. The van der Waals surface area contributed by atoms with Gasteiger partial charge in [-0.05, 0) is 11.1 Å². The molecule has 0 bridgehead atoms. The highest BCUT2D eigenvalue weighted by Gasteiger charge is 2.28. The van der Waals surface area contributed by atoms with Crippen LogP contribution in [0.4, 0.5) is 0 Å². The van der Waals surface area contributed by atoms with Crippen LogP contribution in [0.25, 0.3) is 0 Å². The molecule has 0 amide bonds. The second kappa shape index (κ2) is 5.37. The third-order valence-corrected chi connectivity index (χ3v) is 3.67. The number of benzene rings is 2. The van der Waals surface area contributed by atoms with Crippen molar-refractivity contribution in [3.05, 3.63) is 71.8 Å². The normalized spacial score (nSPS) is 23.3. The van der Waals surface area contributed by atoms with Crippen LogP contribution in [0.3, 0.4) is 0 Å². The summed E-state index contributed by atoms with van der Waals surface area (Å²) in [5.41, 5.74) is 2.38. The first-order valence-corrected chi connectivity index (χ1v) is 6.70. The third-order valence-electron chi connectivity index (χ3n) is 3.67. The zero-order valence-corrected chi connectivity index (χ0v) is 10.8. The summed E-state index contributed by atoms with van der Waals surface area (Å²) >= 11 is 0. The molecule has 1 aliphatic rings. The maximum atomic E-state index is 12.0. The van der Waals surface area contributed by atoms with Crippen molar-refractivity contribution in [1.29, 1.82) is 0 Å². The van der Waals surface area contributed by atoms with Gasteiger partial charge in [-0.15, -0.1) is 0 Å². The van der Waals surface area contributed by atoms with Crippen molar-refractivity contribution in [2.75, 3.05) is 0 Å². The van der Waals surface area contributed by atoms with Crippen LogP contribution in [0.15, 0.2) is 60.7 Å². The topological polar surface area (TPSA) is 29.1 Å². The molecule has 2 heteroatoms. The van der Waals surface area contributed by atoms with E-state index in [-0.39, 0.29) is 12.1 Å². The van der Waals surface area contributed by atoms with Crippen LogP contribution in [-0.2, 0) is 4.79 Å². The molecule has 0 aromatic heterocycles. The summed E-state index contributed by atoms with van der Waals surface area (Å²) in [5, 5.41) is 3.60. The van der Waals surface area contributed by atoms with Crippen LogP contribution in [0.5, 0.6) is 0 Å². The number of carbonyl (C=O) groups excluding carboxylic acids is 1. The molecular weight excluding hydrogens is 234 g/mol. The first kappa shape index (κ1) is 12.1. The predicted octanol–water partition coefficient (Wildman–Crippen LogP) is 3.42. The predicted molar refractivity (Wildman–Crippen MR) is 75.7 cm³/mol. The van der Waals surface area contributed by atoms with E-state index in [1.54, 1.807) is 0 Å². The molecule has 1 saturated heterocycles. The van der Waals surface area contributed by atoms with Gasteiger partial charge in [-0.2, -0.15) is 0 Å². The summed E-state index contributed by atoms with van der Waals surface area (Å²) in [7, 11) is 0. The van der Waals surface area contributed by atoms with Crippen molar-refractivity contribution in [3.63, 3.8) is 0 Å². The fourth-order valence-corrected chi connectivity index (χ4v) is 2.70. The standard InChI is InChI=1S/C17H17NO/c19-15-11-16(13-7-3-1-4-8-13)18-17(12-15)14-9-5-2-6-10-14/h1-10,16-18H,11-12H2/t16-,17-/m0/s1. The Bertz CT molecular complexity index is 500. The van der Waals surface area contributed by atoms with E-state index >= 15 is 0 Å². The molecule has 0 saturated carbocycles. The van der Waals surface area contributed by atoms with Crippen molar-refractivity contribution < 1.29 is 4.79 Å². The molecule has 1 fully saturated rings. The Hall–Kier alpha value is -1.93. The molecule has 2 nitrogen and oxygen atoms in total.